The van der Waals surface area contributed by atoms with E-state index < -0.39 is 10.0 Å². The number of H-pyrrole nitrogens is 1. The maximum Gasteiger partial charge on any atom is 0.282 e. The van der Waals surface area contributed by atoms with Gasteiger partial charge in [-0.05, 0) is 42.0 Å². The van der Waals surface area contributed by atoms with Crippen molar-refractivity contribution in [2.75, 3.05) is 26.2 Å². The van der Waals surface area contributed by atoms with Gasteiger partial charge in [0.1, 0.15) is 5.03 Å². The van der Waals surface area contributed by atoms with Crippen molar-refractivity contribution in [1.82, 2.24) is 24.2 Å². The first-order chi connectivity index (χ1) is 16.0. The standard InChI is InChI=1S/C23H19N5O3S2/c1-2-16-3-4-19-18(13-16)14-21(26-19)33(30,31)28-11-9-27(10-12-28)23(29)22-25-15-20(32-22)17-5-7-24-8-6-17/h1,3-8,13-15,26H,9-12H2. The van der Waals surface area contributed by atoms with E-state index in [-0.39, 0.29) is 24.0 Å². The number of aromatic amines is 1. The molecular formula is C23H19N5O3S2. The molecular weight excluding hydrogens is 458 g/mol. The fraction of sp³-hybridized carbons (Fsp3) is 0.174. The highest BCUT2D eigenvalue weighted by Gasteiger charge is 2.32. The van der Waals surface area contributed by atoms with Crippen LogP contribution in [-0.4, -0.2) is 64.7 Å². The monoisotopic (exact) mass is 477 g/mol. The number of nitrogens with zero attached hydrogens (tertiary/aromatic N) is 4. The van der Waals surface area contributed by atoms with Gasteiger partial charge in [0.25, 0.3) is 15.9 Å². The molecule has 0 bridgehead atoms. The van der Waals surface area contributed by atoms with E-state index in [2.05, 4.69) is 20.9 Å². The molecule has 0 spiro atoms. The number of sulfonamides is 1. The number of aromatic nitrogens is 3. The Kier molecular flexibility index (Phi) is 5.46. The van der Waals surface area contributed by atoms with Crippen molar-refractivity contribution < 1.29 is 13.2 Å². The number of hydrogen-bond acceptors (Lipinski definition) is 6. The van der Waals surface area contributed by atoms with Crippen molar-refractivity contribution in [2.45, 2.75) is 5.03 Å². The number of fused-ring (bicyclic) bond motifs is 1. The molecule has 166 valence electrons. The van der Waals surface area contributed by atoms with Crippen LogP contribution in [0.4, 0.5) is 0 Å². The Morgan fingerprint density at radius 3 is 2.58 bits per heavy atom. The molecule has 1 saturated heterocycles. The van der Waals surface area contributed by atoms with Gasteiger partial charge in [-0.1, -0.05) is 5.92 Å². The van der Waals surface area contributed by atoms with Gasteiger partial charge in [-0.25, -0.2) is 13.4 Å². The van der Waals surface area contributed by atoms with Crippen molar-refractivity contribution in [2.24, 2.45) is 0 Å². The van der Waals surface area contributed by atoms with Gasteiger partial charge in [0.15, 0.2) is 5.01 Å². The van der Waals surface area contributed by atoms with E-state index in [1.165, 1.54) is 15.6 Å². The number of terminal acetylenes is 1. The van der Waals surface area contributed by atoms with E-state index in [1.807, 2.05) is 12.1 Å². The van der Waals surface area contributed by atoms with Gasteiger partial charge < -0.3 is 9.88 Å². The zero-order valence-corrected chi connectivity index (χ0v) is 19.1. The van der Waals surface area contributed by atoms with Crippen LogP contribution in [-0.2, 0) is 10.0 Å². The molecule has 0 saturated carbocycles. The average molecular weight is 478 g/mol. The van der Waals surface area contributed by atoms with E-state index in [0.717, 1.165) is 15.8 Å². The van der Waals surface area contributed by atoms with Gasteiger partial charge in [0, 0.05) is 61.2 Å². The smallest absolute Gasteiger partial charge is 0.282 e. The Labute approximate surface area is 195 Å². The molecule has 5 rings (SSSR count). The van der Waals surface area contributed by atoms with Gasteiger partial charge in [0.05, 0.1) is 4.88 Å². The van der Waals surface area contributed by atoms with Crippen LogP contribution in [0.1, 0.15) is 15.4 Å². The summed E-state index contributed by atoms with van der Waals surface area (Å²) >= 11 is 1.32. The molecule has 4 heterocycles. The predicted octanol–water partition coefficient (Wildman–Crippen LogP) is 2.81. The number of carbonyl (C=O) groups is 1. The minimum atomic E-state index is -3.72. The van der Waals surface area contributed by atoms with Crippen molar-refractivity contribution in [3.8, 4) is 22.8 Å². The summed E-state index contributed by atoms with van der Waals surface area (Å²) in [5, 5.41) is 1.25. The molecule has 1 aliphatic heterocycles. The van der Waals surface area contributed by atoms with Gasteiger partial charge in [-0.2, -0.15) is 4.31 Å². The molecule has 0 atom stereocenters. The topological polar surface area (TPSA) is 99.3 Å². The van der Waals surface area contributed by atoms with Crippen LogP contribution in [0.15, 0.2) is 60.0 Å². The fourth-order valence-corrected chi connectivity index (χ4v) is 6.09. The van der Waals surface area contributed by atoms with Crippen molar-refractivity contribution in [3.63, 3.8) is 0 Å². The highest BCUT2D eigenvalue weighted by molar-refractivity contribution is 7.89. The number of hydrogen-bond donors (Lipinski definition) is 1. The Balaban J connectivity index is 1.28. The van der Waals surface area contributed by atoms with Crippen LogP contribution >= 0.6 is 11.3 Å². The quantitative estimate of drug-likeness (QED) is 0.456. The first-order valence-corrected chi connectivity index (χ1v) is 12.5. The summed E-state index contributed by atoms with van der Waals surface area (Å²) in [4.78, 5) is 26.7. The molecule has 10 heteroatoms. The van der Waals surface area contributed by atoms with Gasteiger partial charge in [-0.3, -0.25) is 9.78 Å². The Hall–Kier alpha value is -3.52. The van der Waals surface area contributed by atoms with Crippen LogP contribution in [0, 0.1) is 12.3 Å². The van der Waals surface area contributed by atoms with Crippen LogP contribution in [0.5, 0.6) is 0 Å². The molecule has 1 fully saturated rings. The lowest BCUT2D eigenvalue weighted by molar-refractivity contribution is 0.0697. The number of nitrogens with one attached hydrogen (secondary N) is 1. The number of amides is 1. The molecule has 1 aliphatic rings. The number of benzene rings is 1. The molecule has 8 nitrogen and oxygen atoms in total. The van der Waals surface area contributed by atoms with Crippen LogP contribution in [0.3, 0.4) is 0 Å². The summed E-state index contributed by atoms with van der Waals surface area (Å²) in [7, 11) is -3.72. The summed E-state index contributed by atoms with van der Waals surface area (Å²) < 4.78 is 27.7. The molecule has 1 N–H and O–H groups in total. The summed E-state index contributed by atoms with van der Waals surface area (Å²) in [6, 6.07) is 10.6. The average Bonchev–Trinajstić information content (AvgIpc) is 3.52. The molecule has 0 radical (unpaired) electrons. The normalized spacial score (nSPS) is 14.9. The lowest BCUT2D eigenvalue weighted by Gasteiger charge is -2.33. The molecule has 1 amide bonds. The zero-order chi connectivity index (χ0) is 23.0. The third kappa shape index (κ3) is 4.02. The van der Waals surface area contributed by atoms with Crippen molar-refractivity contribution >= 4 is 38.2 Å². The molecule has 0 unspecified atom stereocenters. The minimum Gasteiger partial charge on any atom is -0.345 e. The molecule has 3 aromatic heterocycles. The Morgan fingerprint density at radius 2 is 1.85 bits per heavy atom. The summed E-state index contributed by atoms with van der Waals surface area (Å²) in [6.07, 6.45) is 10.5. The zero-order valence-electron chi connectivity index (χ0n) is 17.4. The van der Waals surface area contributed by atoms with E-state index in [9.17, 15) is 13.2 Å². The lowest BCUT2D eigenvalue weighted by Crippen LogP contribution is -2.50. The van der Waals surface area contributed by atoms with Crippen molar-refractivity contribution in [1.29, 1.82) is 0 Å². The largest absolute Gasteiger partial charge is 0.345 e. The minimum absolute atomic E-state index is 0.119. The maximum atomic E-state index is 13.2. The molecule has 33 heavy (non-hydrogen) atoms. The van der Waals surface area contributed by atoms with Crippen LogP contribution < -0.4 is 0 Å². The molecule has 1 aromatic carbocycles. The molecule has 4 aromatic rings. The predicted molar refractivity (Wildman–Crippen MR) is 126 cm³/mol. The summed E-state index contributed by atoms with van der Waals surface area (Å²) in [5.41, 5.74) is 2.34. The second-order valence-electron chi connectivity index (χ2n) is 7.54. The summed E-state index contributed by atoms with van der Waals surface area (Å²) in [6.45, 7) is 1.01. The van der Waals surface area contributed by atoms with Crippen LogP contribution in [0.2, 0.25) is 0 Å². The SMILES string of the molecule is C#Cc1ccc2[nH]c(S(=O)(=O)N3CCN(C(=O)c4ncc(-c5ccncc5)s4)CC3)cc2c1. The van der Waals surface area contributed by atoms with Crippen LogP contribution in [0.25, 0.3) is 21.3 Å². The second-order valence-corrected chi connectivity index (χ2v) is 10.5. The number of pyridine rings is 1. The van der Waals surface area contributed by atoms with Gasteiger partial charge >= 0.3 is 0 Å². The van der Waals surface area contributed by atoms with E-state index >= 15 is 0 Å². The highest BCUT2D eigenvalue weighted by Crippen LogP contribution is 2.27. The van der Waals surface area contributed by atoms with Gasteiger partial charge in [-0.15, -0.1) is 17.8 Å². The first-order valence-electron chi connectivity index (χ1n) is 10.2. The number of piperazine rings is 1. The Bertz CT molecular complexity index is 1480. The van der Waals surface area contributed by atoms with Crippen molar-refractivity contribution in [3.05, 3.63) is 65.6 Å². The Morgan fingerprint density at radius 1 is 1.09 bits per heavy atom. The van der Waals surface area contributed by atoms with E-state index in [4.69, 9.17) is 6.42 Å². The second kappa shape index (κ2) is 8.44. The fourth-order valence-electron chi connectivity index (χ4n) is 3.76. The number of thiazole rings is 1. The number of carbonyl (C=O) groups excluding carboxylic acids is 1. The maximum absolute atomic E-state index is 13.2. The van der Waals surface area contributed by atoms with E-state index in [0.29, 0.717) is 29.2 Å². The lowest BCUT2D eigenvalue weighted by atomic mass is 10.2. The third-order valence-corrected chi connectivity index (χ3v) is 8.41. The summed E-state index contributed by atoms with van der Waals surface area (Å²) in [5.74, 6) is 2.36. The highest BCUT2D eigenvalue weighted by atomic mass is 32.2. The molecule has 0 aliphatic carbocycles. The van der Waals surface area contributed by atoms with E-state index in [1.54, 1.807) is 47.8 Å². The first kappa shape index (κ1) is 21.3. The number of rotatable bonds is 4. The van der Waals surface area contributed by atoms with Gasteiger partial charge in [0.2, 0.25) is 0 Å². The third-order valence-electron chi connectivity index (χ3n) is 5.56.